The number of carbonyl (C=O) groups is 1. The predicted octanol–water partition coefficient (Wildman–Crippen LogP) is 3.61. The molecule has 1 aromatic carbocycles. The van der Waals surface area contributed by atoms with Crippen molar-refractivity contribution >= 4 is 29.1 Å². The number of nitrogen functional groups attached to an aromatic ring is 1. The van der Waals surface area contributed by atoms with E-state index in [9.17, 15) is 4.79 Å². The monoisotopic (exact) mass is 296 g/mol. The van der Waals surface area contributed by atoms with Gasteiger partial charge < -0.3 is 16.2 Å². The summed E-state index contributed by atoms with van der Waals surface area (Å²) in [5.41, 5.74) is 7.92. The molecule has 0 bridgehead atoms. The third kappa shape index (κ3) is 5.33. The first-order chi connectivity index (χ1) is 9.56. The maximum Gasteiger partial charge on any atom is 0.337 e. The van der Waals surface area contributed by atoms with Crippen molar-refractivity contribution in [2.45, 2.75) is 32.6 Å². The lowest BCUT2D eigenvalue weighted by Gasteiger charge is -2.11. The summed E-state index contributed by atoms with van der Waals surface area (Å²) in [7, 11) is 0. The average molecular weight is 296 g/mol. The zero-order chi connectivity index (χ0) is 15.0. The quantitative estimate of drug-likeness (QED) is 0.479. The summed E-state index contributed by atoms with van der Waals surface area (Å²) < 4.78 is 0. The molecule has 0 spiro atoms. The van der Waals surface area contributed by atoms with Crippen LogP contribution in [-0.4, -0.2) is 29.6 Å². The molecule has 0 aromatic heterocycles. The van der Waals surface area contributed by atoms with Crippen molar-refractivity contribution in [3.05, 3.63) is 23.3 Å². The number of aromatic carboxylic acids is 1. The molecule has 1 rings (SSSR count). The Bertz CT molecular complexity index is 450. The molecule has 0 amide bonds. The third-order valence-corrected chi connectivity index (χ3v) is 3.92. The number of hydrogen-bond acceptors (Lipinski definition) is 4. The van der Waals surface area contributed by atoms with Gasteiger partial charge in [-0.25, -0.2) is 4.79 Å². The Morgan fingerprint density at radius 2 is 2.00 bits per heavy atom. The molecule has 0 saturated carbocycles. The zero-order valence-corrected chi connectivity index (χ0v) is 13.1. The van der Waals surface area contributed by atoms with E-state index in [1.54, 1.807) is 6.07 Å². The second-order valence-electron chi connectivity index (χ2n) is 4.89. The second kappa shape index (κ2) is 8.74. The fourth-order valence-corrected chi connectivity index (χ4v) is 2.53. The number of nitrogens with two attached hydrogens (primary N) is 1. The van der Waals surface area contributed by atoms with E-state index in [-0.39, 0.29) is 5.56 Å². The predicted molar refractivity (Wildman–Crippen MR) is 87.9 cm³/mol. The molecular formula is C15H24N2O2S. The van der Waals surface area contributed by atoms with E-state index in [4.69, 9.17) is 10.8 Å². The first kappa shape index (κ1) is 16.7. The van der Waals surface area contributed by atoms with Crippen LogP contribution in [0.15, 0.2) is 12.1 Å². The fraction of sp³-hybridized carbons (Fsp3) is 0.533. The molecule has 4 N–H and O–H groups in total. The number of carboxylic acid groups (broad SMARTS) is 1. The minimum Gasteiger partial charge on any atom is -0.478 e. The number of benzene rings is 1. The van der Waals surface area contributed by atoms with Crippen LogP contribution in [0.25, 0.3) is 0 Å². The Labute approximate surface area is 125 Å². The minimum atomic E-state index is -0.980. The molecule has 0 radical (unpaired) electrons. The van der Waals surface area contributed by atoms with E-state index in [2.05, 4.69) is 11.6 Å². The molecule has 0 aliphatic rings. The van der Waals surface area contributed by atoms with E-state index in [0.29, 0.717) is 5.69 Å². The first-order valence-electron chi connectivity index (χ1n) is 6.92. The van der Waals surface area contributed by atoms with Gasteiger partial charge >= 0.3 is 5.97 Å². The molecule has 1 aromatic rings. The number of thioether (sulfide) groups is 1. The van der Waals surface area contributed by atoms with Crippen molar-refractivity contribution in [3.63, 3.8) is 0 Å². The van der Waals surface area contributed by atoms with Crippen molar-refractivity contribution < 1.29 is 9.90 Å². The maximum absolute atomic E-state index is 11.1. The van der Waals surface area contributed by atoms with E-state index in [1.165, 1.54) is 25.0 Å². The summed E-state index contributed by atoms with van der Waals surface area (Å²) in [5, 5.41) is 12.4. The van der Waals surface area contributed by atoms with Crippen LogP contribution in [0, 0.1) is 6.92 Å². The number of carboxylic acids is 1. The van der Waals surface area contributed by atoms with E-state index >= 15 is 0 Å². The molecule has 0 saturated heterocycles. The lowest BCUT2D eigenvalue weighted by Crippen LogP contribution is -2.08. The number of nitrogens with one attached hydrogen (secondary N) is 1. The van der Waals surface area contributed by atoms with Crippen LogP contribution >= 0.6 is 11.8 Å². The molecule has 4 nitrogen and oxygen atoms in total. The molecule has 0 aliphatic heterocycles. The van der Waals surface area contributed by atoms with Crippen LogP contribution in [0.4, 0.5) is 11.4 Å². The largest absolute Gasteiger partial charge is 0.478 e. The van der Waals surface area contributed by atoms with E-state index in [1.807, 2.05) is 24.8 Å². The van der Waals surface area contributed by atoms with Gasteiger partial charge in [0.25, 0.3) is 0 Å². The Hall–Kier alpha value is -1.36. The van der Waals surface area contributed by atoms with E-state index in [0.717, 1.165) is 24.2 Å². The van der Waals surface area contributed by atoms with Gasteiger partial charge in [-0.2, -0.15) is 11.8 Å². The Morgan fingerprint density at radius 1 is 1.30 bits per heavy atom. The van der Waals surface area contributed by atoms with Crippen molar-refractivity contribution in [2.24, 2.45) is 0 Å². The molecule has 0 unspecified atom stereocenters. The molecular weight excluding hydrogens is 272 g/mol. The summed E-state index contributed by atoms with van der Waals surface area (Å²) >= 11 is 1.89. The molecule has 0 aliphatic carbocycles. The highest BCUT2D eigenvalue weighted by Gasteiger charge is 2.11. The molecule has 5 heteroatoms. The summed E-state index contributed by atoms with van der Waals surface area (Å²) in [5.74, 6) is 0.248. The van der Waals surface area contributed by atoms with Crippen LogP contribution in [0.5, 0.6) is 0 Å². The number of aryl methyl sites for hydroxylation is 1. The van der Waals surface area contributed by atoms with Gasteiger partial charge in [-0.05, 0) is 49.5 Å². The number of anilines is 2. The van der Waals surface area contributed by atoms with Crippen LogP contribution in [0.3, 0.4) is 0 Å². The first-order valence-corrected chi connectivity index (χ1v) is 8.32. The summed E-state index contributed by atoms with van der Waals surface area (Å²) in [6.07, 6.45) is 6.95. The van der Waals surface area contributed by atoms with Gasteiger partial charge in [-0.3, -0.25) is 0 Å². The highest BCUT2D eigenvalue weighted by atomic mass is 32.2. The van der Waals surface area contributed by atoms with Gasteiger partial charge in [-0.15, -0.1) is 0 Å². The van der Waals surface area contributed by atoms with Crippen molar-refractivity contribution in [3.8, 4) is 0 Å². The van der Waals surface area contributed by atoms with Crippen LogP contribution in [0.1, 0.15) is 41.6 Å². The van der Waals surface area contributed by atoms with Crippen molar-refractivity contribution in [1.82, 2.24) is 0 Å². The van der Waals surface area contributed by atoms with Gasteiger partial charge in [0.2, 0.25) is 0 Å². The Balaban J connectivity index is 2.43. The molecule has 20 heavy (non-hydrogen) atoms. The Morgan fingerprint density at radius 3 is 2.65 bits per heavy atom. The van der Waals surface area contributed by atoms with Gasteiger partial charge in [0.15, 0.2) is 0 Å². The van der Waals surface area contributed by atoms with Crippen LogP contribution < -0.4 is 11.1 Å². The summed E-state index contributed by atoms with van der Waals surface area (Å²) in [6, 6.07) is 3.51. The second-order valence-corrected chi connectivity index (χ2v) is 5.88. The summed E-state index contributed by atoms with van der Waals surface area (Å²) in [4.78, 5) is 11.1. The SMILES string of the molecule is CSCCCCCCNc1cc(C)c(N)c(C(=O)O)c1. The lowest BCUT2D eigenvalue weighted by atomic mass is 10.1. The van der Waals surface area contributed by atoms with E-state index < -0.39 is 5.97 Å². The topological polar surface area (TPSA) is 75.3 Å². The Kier molecular flexibility index (Phi) is 7.30. The van der Waals surface area contributed by atoms with Crippen LogP contribution in [0.2, 0.25) is 0 Å². The highest BCUT2D eigenvalue weighted by molar-refractivity contribution is 7.98. The maximum atomic E-state index is 11.1. The molecule has 112 valence electrons. The molecule has 0 atom stereocenters. The lowest BCUT2D eigenvalue weighted by molar-refractivity contribution is 0.0698. The third-order valence-electron chi connectivity index (χ3n) is 3.22. The molecule has 0 fully saturated rings. The van der Waals surface area contributed by atoms with Gasteiger partial charge in [0, 0.05) is 17.9 Å². The smallest absolute Gasteiger partial charge is 0.337 e. The fourth-order valence-electron chi connectivity index (χ4n) is 2.04. The number of unbranched alkanes of at least 4 members (excludes halogenated alkanes) is 3. The normalized spacial score (nSPS) is 10.5. The van der Waals surface area contributed by atoms with Crippen molar-refractivity contribution in [1.29, 1.82) is 0 Å². The highest BCUT2D eigenvalue weighted by Crippen LogP contribution is 2.22. The van der Waals surface area contributed by atoms with Gasteiger partial charge in [0.05, 0.1) is 5.56 Å². The minimum absolute atomic E-state index is 0.174. The summed E-state index contributed by atoms with van der Waals surface area (Å²) in [6.45, 7) is 2.69. The zero-order valence-electron chi connectivity index (χ0n) is 12.2. The number of rotatable bonds is 9. The average Bonchev–Trinajstić information content (AvgIpc) is 2.41. The molecule has 0 heterocycles. The number of hydrogen-bond donors (Lipinski definition) is 3. The van der Waals surface area contributed by atoms with Gasteiger partial charge in [-0.1, -0.05) is 12.8 Å². The van der Waals surface area contributed by atoms with Gasteiger partial charge in [0.1, 0.15) is 0 Å². The standard InChI is InChI=1S/C15H24N2O2S/c1-11-9-12(10-13(14(11)16)15(18)19)17-7-5-3-4-6-8-20-2/h9-10,17H,3-8,16H2,1-2H3,(H,18,19). The van der Waals surface area contributed by atoms with Crippen molar-refractivity contribution in [2.75, 3.05) is 29.6 Å². The van der Waals surface area contributed by atoms with Crippen LogP contribution in [-0.2, 0) is 0 Å².